The van der Waals surface area contributed by atoms with Gasteiger partial charge in [0, 0.05) is 37.8 Å². The molecule has 0 saturated heterocycles. The standard InChI is InChI=1S/C18H24N4O3/c1-14(2)13-24-12-4-11-19-17(23)22-15-5-7-16(8-6-15)25-18-20-9-3-10-21-18/h3,5-10,14H,4,11-13H2,1-2H3,(H2,19,22,23). The number of anilines is 1. The molecule has 25 heavy (non-hydrogen) atoms. The summed E-state index contributed by atoms with van der Waals surface area (Å²) in [6, 6.07) is 8.74. The topological polar surface area (TPSA) is 85.4 Å². The van der Waals surface area contributed by atoms with Crippen LogP contribution in [0, 0.1) is 5.92 Å². The third kappa shape index (κ3) is 7.63. The molecule has 1 aromatic heterocycles. The zero-order chi connectivity index (χ0) is 17.9. The fourth-order valence-electron chi connectivity index (χ4n) is 1.92. The molecule has 0 aliphatic heterocycles. The first-order valence-corrected chi connectivity index (χ1v) is 8.31. The second-order valence-corrected chi connectivity index (χ2v) is 5.86. The number of rotatable bonds is 9. The SMILES string of the molecule is CC(C)COCCCNC(=O)Nc1ccc(Oc2ncccn2)cc1. The number of ether oxygens (including phenoxy) is 2. The van der Waals surface area contributed by atoms with Crippen molar-refractivity contribution in [1.82, 2.24) is 15.3 Å². The Morgan fingerprint density at radius 2 is 1.88 bits per heavy atom. The van der Waals surface area contributed by atoms with Gasteiger partial charge in [-0.1, -0.05) is 13.8 Å². The number of nitrogens with one attached hydrogen (secondary N) is 2. The molecule has 2 amide bonds. The minimum Gasteiger partial charge on any atom is -0.424 e. The van der Waals surface area contributed by atoms with E-state index in [1.807, 2.05) is 0 Å². The Morgan fingerprint density at radius 3 is 2.56 bits per heavy atom. The highest BCUT2D eigenvalue weighted by molar-refractivity contribution is 5.89. The molecule has 0 unspecified atom stereocenters. The number of hydrogen-bond acceptors (Lipinski definition) is 5. The van der Waals surface area contributed by atoms with Gasteiger partial charge in [0.25, 0.3) is 0 Å². The third-order valence-electron chi connectivity index (χ3n) is 3.07. The molecule has 0 fully saturated rings. The molecule has 1 heterocycles. The molecule has 0 aliphatic rings. The molecule has 134 valence electrons. The number of nitrogens with zero attached hydrogens (tertiary/aromatic N) is 2. The first-order chi connectivity index (χ1) is 12.1. The lowest BCUT2D eigenvalue weighted by molar-refractivity contribution is 0.108. The van der Waals surface area contributed by atoms with Crippen LogP contribution >= 0.6 is 0 Å². The largest absolute Gasteiger partial charge is 0.424 e. The van der Waals surface area contributed by atoms with E-state index in [0.717, 1.165) is 13.0 Å². The zero-order valence-electron chi connectivity index (χ0n) is 14.6. The summed E-state index contributed by atoms with van der Waals surface area (Å²) < 4.78 is 11.0. The smallest absolute Gasteiger partial charge is 0.321 e. The van der Waals surface area contributed by atoms with E-state index in [1.165, 1.54) is 0 Å². The lowest BCUT2D eigenvalue weighted by Crippen LogP contribution is -2.30. The van der Waals surface area contributed by atoms with Gasteiger partial charge in [0.2, 0.25) is 0 Å². The molecule has 0 aliphatic carbocycles. The van der Waals surface area contributed by atoms with E-state index >= 15 is 0 Å². The number of amides is 2. The van der Waals surface area contributed by atoms with Crippen LogP contribution in [0.2, 0.25) is 0 Å². The van der Waals surface area contributed by atoms with Crippen LogP contribution in [0.5, 0.6) is 11.8 Å². The molecular formula is C18H24N4O3. The maximum atomic E-state index is 11.8. The summed E-state index contributed by atoms with van der Waals surface area (Å²) in [6.07, 6.45) is 4.00. The minimum absolute atomic E-state index is 0.246. The third-order valence-corrected chi connectivity index (χ3v) is 3.07. The van der Waals surface area contributed by atoms with Crippen LogP contribution in [0.25, 0.3) is 0 Å². The van der Waals surface area contributed by atoms with Crippen LogP contribution in [0.1, 0.15) is 20.3 Å². The van der Waals surface area contributed by atoms with Gasteiger partial charge in [0.15, 0.2) is 0 Å². The Hall–Kier alpha value is -2.67. The summed E-state index contributed by atoms with van der Waals surface area (Å²) in [4.78, 5) is 19.8. The van der Waals surface area contributed by atoms with E-state index in [0.29, 0.717) is 30.5 Å². The van der Waals surface area contributed by atoms with Crippen molar-refractivity contribution in [3.05, 3.63) is 42.7 Å². The van der Waals surface area contributed by atoms with Gasteiger partial charge < -0.3 is 20.1 Å². The molecule has 0 spiro atoms. The van der Waals surface area contributed by atoms with Crippen molar-refractivity contribution in [1.29, 1.82) is 0 Å². The summed E-state index contributed by atoms with van der Waals surface area (Å²) in [5, 5.41) is 5.56. The van der Waals surface area contributed by atoms with E-state index in [-0.39, 0.29) is 12.0 Å². The van der Waals surface area contributed by atoms with E-state index < -0.39 is 0 Å². The van der Waals surface area contributed by atoms with E-state index in [1.54, 1.807) is 42.7 Å². The highest BCUT2D eigenvalue weighted by atomic mass is 16.5. The molecule has 0 atom stereocenters. The van der Waals surface area contributed by atoms with E-state index in [2.05, 4.69) is 34.4 Å². The second kappa shape index (κ2) is 10.2. The van der Waals surface area contributed by atoms with Gasteiger partial charge in [0.1, 0.15) is 5.75 Å². The van der Waals surface area contributed by atoms with Crippen molar-refractivity contribution in [3.63, 3.8) is 0 Å². The van der Waals surface area contributed by atoms with Gasteiger partial charge in [-0.25, -0.2) is 14.8 Å². The van der Waals surface area contributed by atoms with Crippen LogP contribution < -0.4 is 15.4 Å². The average Bonchev–Trinajstić information content (AvgIpc) is 2.60. The maximum absolute atomic E-state index is 11.8. The minimum atomic E-state index is -0.246. The molecule has 2 N–H and O–H groups in total. The highest BCUT2D eigenvalue weighted by Gasteiger charge is 2.03. The van der Waals surface area contributed by atoms with Gasteiger partial charge in [-0.05, 0) is 42.7 Å². The second-order valence-electron chi connectivity index (χ2n) is 5.86. The summed E-state index contributed by atoms with van der Waals surface area (Å²) in [6.45, 7) is 6.17. The van der Waals surface area contributed by atoms with Gasteiger partial charge in [-0.2, -0.15) is 0 Å². The molecule has 0 bridgehead atoms. The predicted molar refractivity (Wildman–Crippen MR) is 95.8 cm³/mol. The molecule has 0 radical (unpaired) electrons. The molecule has 0 saturated carbocycles. The van der Waals surface area contributed by atoms with Gasteiger partial charge >= 0.3 is 12.0 Å². The normalized spacial score (nSPS) is 10.5. The monoisotopic (exact) mass is 344 g/mol. The van der Waals surface area contributed by atoms with Crippen molar-refractivity contribution < 1.29 is 14.3 Å². The Balaban J connectivity index is 1.67. The number of carbonyl (C=O) groups is 1. The van der Waals surface area contributed by atoms with Crippen LogP contribution in [-0.4, -0.2) is 35.8 Å². The highest BCUT2D eigenvalue weighted by Crippen LogP contribution is 2.19. The van der Waals surface area contributed by atoms with Crippen LogP contribution in [-0.2, 0) is 4.74 Å². The Morgan fingerprint density at radius 1 is 1.16 bits per heavy atom. The van der Waals surface area contributed by atoms with Gasteiger partial charge in [-0.3, -0.25) is 0 Å². The van der Waals surface area contributed by atoms with E-state index in [4.69, 9.17) is 9.47 Å². The molecule has 2 aromatic rings. The van der Waals surface area contributed by atoms with Gasteiger partial charge in [0.05, 0.1) is 0 Å². The van der Waals surface area contributed by atoms with Crippen LogP contribution in [0.3, 0.4) is 0 Å². The van der Waals surface area contributed by atoms with Crippen molar-refractivity contribution in [3.8, 4) is 11.8 Å². The van der Waals surface area contributed by atoms with Crippen molar-refractivity contribution in [2.75, 3.05) is 25.1 Å². The number of carbonyl (C=O) groups excluding carboxylic acids is 1. The van der Waals surface area contributed by atoms with Crippen molar-refractivity contribution in [2.45, 2.75) is 20.3 Å². The van der Waals surface area contributed by atoms with Crippen molar-refractivity contribution in [2.24, 2.45) is 5.92 Å². The van der Waals surface area contributed by atoms with Crippen LogP contribution in [0.15, 0.2) is 42.7 Å². The molecule has 7 heteroatoms. The number of urea groups is 1. The number of hydrogen-bond donors (Lipinski definition) is 2. The Labute approximate surface area is 147 Å². The quantitative estimate of drug-likeness (QED) is 0.681. The zero-order valence-corrected chi connectivity index (χ0v) is 14.6. The predicted octanol–water partition coefficient (Wildman–Crippen LogP) is 3.45. The summed E-state index contributed by atoms with van der Waals surface area (Å²) in [5.74, 6) is 1.12. The van der Waals surface area contributed by atoms with Gasteiger partial charge in [-0.15, -0.1) is 0 Å². The Bertz CT molecular complexity index is 633. The maximum Gasteiger partial charge on any atom is 0.321 e. The fourth-order valence-corrected chi connectivity index (χ4v) is 1.92. The average molecular weight is 344 g/mol. The van der Waals surface area contributed by atoms with Crippen molar-refractivity contribution >= 4 is 11.7 Å². The summed E-state index contributed by atoms with van der Waals surface area (Å²) in [5.41, 5.74) is 0.676. The summed E-state index contributed by atoms with van der Waals surface area (Å²) in [7, 11) is 0. The van der Waals surface area contributed by atoms with E-state index in [9.17, 15) is 4.79 Å². The molecule has 2 rings (SSSR count). The molecule has 7 nitrogen and oxygen atoms in total. The number of aromatic nitrogens is 2. The fraction of sp³-hybridized carbons (Fsp3) is 0.389. The molecular weight excluding hydrogens is 320 g/mol. The first kappa shape index (κ1) is 18.7. The Kier molecular flexibility index (Phi) is 7.65. The van der Waals surface area contributed by atoms with Crippen LogP contribution in [0.4, 0.5) is 10.5 Å². The lowest BCUT2D eigenvalue weighted by Gasteiger charge is -2.09. The number of benzene rings is 1. The summed E-state index contributed by atoms with van der Waals surface area (Å²) >= 11 is 0. The first-order valence-electron chi connectivity index (χ1n) is 8.31. The lowest BCUT2D eigenvalue weighted by atomic mass is 10.2. The molecule has 1 aromatic carbocycles.